The molecule has 0 aliphatic rings. The monoisotopic (exact) mass is 463 g/mol. The first-order valence-electron chi connectivity index (χ1n) is 9.04. The fourth-order valence-electron chi connectivity index (χ4n) is 2.05. The quantitative estimate of drug-likeness (QED) is 0.131. The highest BCUT2D eigenvalue weighted by molar-refractivity contribution is 8.00. The van der Waals surface area contributed by atoms with Crippen LogP contribution in [0.2, 0.25) is 0 Å². The standard InChI is InChI=1S/C17H25N3O10S/c1-3-30-17(29)12(22)8-31-7-11(15(26)18-6-14(24)25)20-13(23)5-4-10(16(27)28)19-9(2)21/h10-11H,3-8H2,1-2H3,(H,18,26)(H,19,21)(H,20,23)(H,24,25)(H,27,28). The number of rotatable bonds is 15. The number of hydrogen-bond acceptors (Lipinski definition) is 9. The molecule has 0 heterocycles. The number of thioether (sulfide) groups is 1. The van der Waals surface area contributed by atoms with Gasteiger partial charge in [-0.2, -0.15) is 11.8 Å². The third-order valence-corrected chi connectivity index (χ3v) is 4.46. The second-order valence-corrected chi connectivity index (χ2v) is 7.05. The van der Waals surface area contributed by atoms with E-state index in [0.717, 1.165) is 18.7 Å². The van der Waals surface area contributed by atoms with Crippen molar-refractivity contribution in [3.8, 4) is 0 Å². The Morgan fingerprint density at radius 2 is 1.65 bits per heavy atom. The second-order valence-electron chi connectivity index (χ2n) is 6.02. The van der Waals surface area contributed by atoms with Crippen molar-refractivity contribution in [3.63, 3.8) is 0 Å². The molecule has 0 aliphatic heterocycles. The van der Waals surface area contributed by atoms with Crippen LogP contribution in [-0.4, -0.2) is 88.4 Å². The molecule has 0 spiro atoms. The van der Waals surface area contributed by atoms with Crippen LogP contribution in [0, 0.1) is 0 Å². The van der Waals surface area contributed by atoms with Crippen LogP contribution >= 0.6 is 11.8 Å². The summed E-state index contributed by atoms with van der Waals surface area (Å²) >= 11 is 0.841. The molecule has 0 aromatic rings. The van der Waals surface area contributed by atoms with Crippen molar-refractivity contribution in [3.05, 3.63) is 0 Å². The van der Waals surface area contributed by atoms with Gasteiger partial charge in [-0.15, -0.1) is 0 Å². The summed E-state index contributed by atoms with van der Waals surface area (Å²) in [6, 6.07) is -2.56. The lowest BCUT2D eigenvalue weighted by atomic mass is 10.1. The highest BCUT2D eigenvalue weighted by Gasteiger charge is 2.25. The molecular weight excluding hydrogens is 438 g/mol. The number of ketones is 1. The summed E-state index contributed by atoms with van der Waals surface area (Å²) in [5.74, 6) is -7.22. The van der Waals surface area contributed by atoms with E-state index in [1.54, 1.807) is 0 Å². The number of carboxylic acid groups (broad SMARTS) is 2. The minimum atomic E-state index is -1.34. The van der Waals surface area contributed by atoms with E-state index in [4.69, 9.17) is 10.2 Å². The molecule has 0 radical (unpaired) electrons. The van der Waals surface area contributed by atoms with Gasteiger partial charge in [0.15, 0.2) is 0 Å². The predicted octanol–water partition coefficient (Wildman–Crippen LogP) is -2.09. The largest absolute Gasteiger partial charge is 0.480 e. The van der Waals surface area contributed by atoms with Gasteiger partial charge in [0.25, 0.3) is 0 Å². The Hall–Kier alpha value is -3.16. The van der Waals surface area contributed by atoms with Gasteiger partial charge in [-0.3, -0.25) is 24.0 Å². The van der Waals surface area contributed by atoms with Crippen LogP contribution in [0.5, 0.6) is 0 Å². The third-order valence-electron chi connectivity index (χ3n) is 3.42. The van der Waals surface area contributed by atoms with Crippen LogP contribution in [0.1, 0.15) is 26.7 Å². The van der Waals surface area contributed by atoms with Crippen molar-refractivity contribution in [2.45, 2.75) is 38.8 Å². The van der Waals surface area contributed by atoms with Gasteiger partial charge in [0, 0.05) is 19.1 Å². The fraction of sp³-hybridized carbons (Fsp3) is 0.588. The number of carboxylic acids is 2. The number of carbonyl (C=O) groups is 7. The smallest absolute Gasteiger partial charge is 0.375 e. The second kappa shape index (κ2) is 14.8. The molecule has 0 aliphatic carbocycles. The van der Waals surface area contributed by atoms with Gasteiger partial charge in [-0.05, 0) is 13.3 Å². The number of amides is 3. The number of ether oxygens (including phenoxy) is 1. The summed E-state index contributed by atoms with van der Waals surface area (Å²) in [5.41, 5.74) is 0. The molecule has 174 valence electrons. The summed E-state index contributed by atoms with van der Waals surface area (Å²) in [5, 5.41) is 24.3. The van der Waals surface area contributed by atoms with E-state index < -0.39 is 60.0 Å². The first kappa shape index (κ1) is 27.8. The van der Waals surface area contributed by atoms with Crippen molar-refractivity contribution in [1.29, 1.82) is 0 Å². The van der Waals surface area contributed by atoms with Gasteiger partial charge in [0.2, 0.25) is 23.5 Å². The number of esters is 1. The van der Waals surface area contributed by atoms with Gasteiger partial charge < -0.3 is 30.9 Å². The zero-order valence-electron chi connectivity index (χ0n) is 17.0. The summed E-state index contributed by atoms with van der Waals surface area (Å²) in [4.78, 5) is 79.9. The van der Waals surface area contributed by atoms with Crippen LogP contribution in [0.15, 0.2) is 0 Å². The molecule has 0 rings (SSSR count). The first-order chi connectivity index (χ1) is 14.5. The molecule has 5 N–H and O–H groups in total. The molecule has 0 fully saturated rings. The predicted molar refractivity (Wildman–Crippen MR) is 106 cm³/mol. The summed E-state index contributed by atoms with van der Waals surface area (Å²) in [6.45, 7) is 1.95. The highest BCUT2D eigenvalue weighted by Crippen LogP contribution is 2.06. The molecule has 3 amide bonds. The molecule has 0 saturated heterocycles. The maximum Gasteiger partial charge on any atom is 0.375 e. The SMILES string of the molecule is CCOC(=O)C(=O)CSCC(NC(=O)CCC(NC(C)=O)C(=O)O)C(=O)NCC(=O)O. The molecule has 0 aromatic heterocycles. The van der Waals surface area contributed by atoms with Crippen LogP contribution < -0.4 is 16.0 Å². The van der Waals surface area contributed by atoms with Gasteiger partial charge in [0.05, 0.1) is 12.4 Å². The summed E-state index contributed by atoms with van der Waals surface area (Å²) in [7, 11) is 0. The van der Waals surface area contributed by atoms with Crippen molar-refractivity contribution in [2.75, 3.05) is 24.7 Å². The van der Waals surface area contributed by atoms with Gasteiger partial charge in [-0.1, -0.05) is 0 Å². The van der Waals surface area contributed by atoms with E-state index >= 15 is 0 Å². The minimum absolute atomic E-state index is 0.0152. The normalized spacial score (nSPS) is 12.1. The number of aliphatic carboxylic acids is 2. The van der Waals surface area contributed by atoms with E-state index in [1.807, 2.05) is 0 Å². The van der Waals surface area contributed by atoms with Crippen LogP contribution in [-0.2, 0) is 38.3 Å². The van der Waals surface area contributed by atoms with Gasteiger partial charge >= 0.3 is 17.9 Å². The topological polar surface area (TPSA) is 205 Å². The third kappa shape index (κ3) is 12.9. The van der Waals surface area contributed by atoms with Gasteiger partial charge in [-0.25, -0.2) is 9.59 Å². The summed E-state index contributed by atoms with van der Waals surface area (Å²) in [6.07, 6.45) is -0.606. The molecule has 0 aromatic carbocycles. The average Bonchev–Trinajstić information content (AvgIpc) is 2.67. The highest BCUT2D eigenvalue weighted by atomic mass is 32.2. The van der Waals surface area contributed by atoms with Crippen LogP contribution in [0.4, 0.5) is 0 Å². The molecular formula is C17H25N3O10S. The fourth-order valence-corrected chi connectivity index (χ4v) is 2.94. The zero-order chi connectivity index (χ0) is 24.0. The minimum Gasteiger partial charge on any atom is -0.480 e. The van der Waals surface area contributed by atoms with E-state index in [2.05, 4.69) is 20.7 Å². The van der Waals surface area contributed by atoms with E-state index in [0.29, 0.717) is 0 Å². The Balaban J connectivity index is 4.90. The summed E-state index contributed by atoms with van der Waals surface area (Å²) < 4.78 is 4.55. The Bertz CT molecular complexity index is 712. The Morgan fingerprint density at radius 1 is 1.00 bits per heavy atom. The maximum absolute atomic E-state index is 12.2. The first-order valence-corrected chi connectivity index (χ1v) is 10.2. The van der Waals surface area contributed by atoms with Crippen LogP contribution in [0.25, 0.3) is 0 Å². The van der Waals surface area contributed by atoms with E-state index in [-0.39, 0.29) is 31.0 Å². The maximum atomic E-state index is 12.2. The number of nitrogens with one attached hydrogen (secondary N) is 3. The lowest BCUT2D eigenvalue weighted by Crippen LogP contribution is -2.50. The average molecular weight is 463 g/mol. The Labute approximate surface area is 181 Å². The number of Topliss-reactive ketones (excluding diaryl/α,β-unsaturated/α-hetero) is 1. The molecule has 31 heavy (non-hydrogen) atoms. The van der Waals surface area contributed by atoms with Crippen LogP contribution in [0.3, 0.4) is 0 Å². The van der Waals surface area contributed by atoms with Gasteiger partial charge in [0.1, 0.15) is 18.6 Å². The lowest BCUT2D eigenvalue weighted by Gasteiger charge is -2.18. The zero-order valence-corrected chi connectivity index (χ0v) is 17.8. The molecule has 2 unspecified atom stereocenters. The van der Waals surface area contributed by atoms with Crippen molar-refractivity contribution in [2.24, 2.45) is 0 Å². The molecule has 13 nitrogen and oxygen atoms in total. The lowest BCUT2D eigenvalue weighted by molar-refractivity contribution is -0.152. The molecule has 14 heteroatoms. The molecule has 0 saturated carbocycles. The Morgan fingerprint density at radius 3 is 2.16 bits per heavy atom. The van der Waals surface area contributed by atoms with Crippen molar-refractivity contribution in [1.82, 2.24) is 16.0 Å². The molecule has 0 bridgehead atoms. The Kier molecular flexibility index (Phi) is 13.3. The van der Waals surface area contributed by atoms with Crippen molar-refractivity contribution < 1.29 is 48.5 Å². The molecule has 2 atom stereocenters. The van der Waals surface area contributed by atoms with Crippen molar-refractivity contribution >= 4 is 53.2 Å². The van der Waals surface area contributed by atoms with E-state index in [1.165, 1.54) is 6.92 Å². The number of hydrogen-bond donors (Lipinski definition) is 5. The van der Waals surface area contributed by atoms with E-state index in [9.17, 15) is 33.6 Å². The number of carbonyl (C=O) groups excluding carboxylic acids is 5.